The Morgan fingerprint density at radius 2 is 1.78 bits per heavy atom. The summed E-state index contributed by atoms with van der Waals surface area (Å²) in [7, 11) is 1.45. The van der Waals surface area contributed by atoms with Crippen molar-refractivity contribution in [1.82, 2.24) is 4.90 Å². The zero-order valence-corrected chi connectivity index (χ0v) is 24.5. The largest absolute Gasteiger partial charge is 0.495 e. The fourth-order valence-corrected chi connectivity index (χ4v) is 6.93. The van der Waals surface area contributed by atoms with Gasteiger partial charge in [-0.1, -0.05) is 30.3 Å². The summed E-state index contributed by atoms with van der Waals surface area (Å²) in [6, 6.07) is 14.9. The Hall–Kier alpha value is -3.77. The van der Waals surface area contributed by atoms with Gasteiger partial charge in [0.15, 0.2) is 0 Å². The van der Waals surface area contributed by atoms with Gasteiger partial charge in [-0.15, -0.1) is 0 Å². The highest BCUT2D eigenvalue weighted by Gasteiger charge is 2.46. The molecule has 2 aliphatic rings. The number of nitrogens with zero attached hydrogens (tertiary/aromatic N) is 4. The summed E-state index contributed by atoms with van der Waals surface area (Å²) < 4.78 is 23.9. The van der Waals surface area contributed by atoms with Crippen molar-refractivity contribution in [3.05, 3.63) is 75.6 Å². The van der Waals surface area contributed by atoms with Gasteiger partial charge >= 0.3 is 5.97 Å². The number of methoxy groups -OCH3 is 2. The Bertz CT molecular complexity index is 1350. The molecular weight excluding hydrogens is 546 g/mol. The van der Waals surface area contributed by atoms with Gasteiger partial charge in [0, 0.05) is 36.8 Å². The highest BCUT2D eigenvalue weighted by molar-refractivity contribution is 7.85. The molecule has 220 valence electrons. The van der Waals surface area contributed by atoms with E-state index in [0.717, 1.165) is 57.0 Å². The molecule has 0 radical (unpaired) electrons. The Balaban J connectivity index is 1.39. The number of allylic oxidation sites excluding steroid dienone is 2. The van der Waals surface area contributed by atoms with Crippen LogP contribution in [0.5, 0.6) is 5.75 Å². The number of nitro groups is 1. The van der Waals surface area contributed by atoms with Gasteiger partial charge in [0.2, 0.25) is 0 Å². The van der Waals surface area contributed by atoms with E-state index in [1.54, 1.807) is 31.4 Å². The summed E-state index contributed by atoms with van der Waals surface area (Å²) in [5.41, 5.74) is 7.49. The van der Waals surface area contributed by atoms with Crippen LogP contribution in [-0.2, 0) is 20.3 Å². The van der Waals surface area contributed by atoms with Crippen LogP contribution >= 0.6 is 0 Å². The highest BCUT2D eigenvalue weighted by atomic mass is 32.2. The molecule has 3 unspecified atom stereocenters. The number of anilines is 1. The van der Waals surface area contributed by atoms with E-state index < -0.39 is 33.5 Å². The van der Waals surface area contributed by atoms with E-state index >= 15 is 0 Å². The van der Waals surface area contributed by atoms with Crippen molar-refractivity contribution < 1.29 is 23.4 Å². The van der Waals surface area contributed by atoms with Crippen molar-refractivity contribution in [2.75, 3.05) is 57.6 Å². The third-order valence-electron chi connectivity index (χ3n) is 7.62. The van der Waals surface area contributed by atoms with Gasteiger partial charge in [-0.25, -0.2) is 4.99 Å². The molecule has 2 heterocycles. The molecule has 0 saturated carbocycles. The number of para-hydroxylation sites is 2. The number of rotatable bonds is 11. The maximum absolute atomic E-state index is 13.5. The van der Waals surface area contributed by atoms with Gasteiger partial charge in [-0.3, -0.25) is 24.0 Å². The quantitative estimate of drug-likeness (QED) is 0.183. The van der Waals surface area contributed by atoms with Gasteiger partial charge in [0.05, 0.1) is 41.5 Å². The van der Waals surface area contributed by atoms with E-state index in [2.05, 4.69) is 20.9 Å². The third kappa shape index (κ3) is 6.76. The summed E-state index contributed by atoms with van der Waals surface area (Å²) in [6.07, 6.45) is 1.59. The smallest absolute Gasteiger partial charge is 0.317 e. The Morgan fingerprint density at radius 3 is 2.46 bits per heavy atom. The Morgan fingerprint density at radius 1 is 1.10 bits per heavy atom. The first-order valence-electron chi connectivity index (χ1n) is 13.6. The fraction of sp³-hybridized carbons (Fsp3) is 0.448. The number of piperazine rings is 1. The number of benzene rings is 2. The first-order valence-corrected chi connectivity index (χ1v) is 14.9. The van der Waals surface area contributed by atoms with Crippen LogP contribution in [0.1, 0.15) is 31.2 Å². The van der Waals surface area contributed by atoms with Crippen molar-refractivity contribution >= 4 is 28.3 Å². The normalized spacial score (nSPS) is 20.4. The van der Waals surface area contributed by atoms with Crippen LogP contribution < -0.4 is 15.4 Å². The van der Waals surface area contributed by atoms with Gasteiger partial charge < -0.3 is 20.1 Å². The van der Waals surface area contributed by atoms with Crippen LogP contribution in [0.4, 0.5) is 5.69 Å². The predicted octanol–water partition coefficient (Wildman–Crippen LogP) is 3.16. The molecule has 41 heavy (non-hydrogen) atoms. The van der Waals surface area contributed by atoms with Crippen molar-refractivity contribution in [3.63, 3.8) is 0 Å². The summed E-state index contributed by atoms with van der Waals surface area (Å²) in [6.45, 7) is 6.05. The minimum absolute atomic E-state index is 0.0589. The average Bonchev–Trinajstić information content (AvgIpc) is 2.98. The third-order valence-corrected chi connectivity index (χ3v) is 9.14. The minimum atomic E-state index is -1.44. The number of hydrogen-bond acceptors (Lipinski definition) is 10. The minimum Gasteiger partial charge on any atom is -0.495 e. The number of hydrogen-bond donors (Lipinski definition) is 1. The molecule has 2 aliphatic heterocycles. The van der Waals surface area contributed by atoms with Crippen LogP contribution in [0.25, 0.3) is 0 Å². The topological polar surface area (TPSA) is 141 Å². The van der Waals surface area contributed by atoms with Gasteiger partial charge in [0.25, 0.3) is 5.70 Å². The van der Waals surface area contributed by atoms with Gasteiger partial charge in [-0.05, 0) is 50.1 Å². The highest BCUT2D eigenvalue weighted by Crippen LogP contribution is 2.41. The van der Waals surface area contributed by atoms with Crippen molar-refractivity contribution in [2.45, 2.75) is 30.6 Å². The molecule has 11 nitrogen and oxygen atoms in total. The molecule has 0 bridgehead atoms. The molecule has 2 N–H and O–H groups in total. The van der Waals surface area contributed by atoms with Crippen molar-refractivity contribution in [1.29, 1.82) is 0 Å². The van der Waals surface area contributed by atoms with E-state index in [9.17, 15) is 19.1 Å². The number of esters is 1. The lowest BCUT2D eigenvalue weighted by molar-refractivity contribution is -0.432. The fourth-order valence-electron chi connectivity index (χ4n) is 5.56. The predicted molar refractivity (Wildman–Crippen MR) is 158 cm³/mol. The number of amidine groups is 1. The van der Waals surface area contributed by atoms with E-state index in [1.807, 2.05) is 18.2 Å². The summed E-state index contributed by atoms with van der Waals surface area (Å²) in [4.78, 5) is 33.5. The first kappa shape index (κ1) is 30.2. The maximum atomic E-state index is 13.5. The van der Waals surface area contributed by atoms with Crippen molar-refractivity contribution in [2.24, 2.45) is 16.6 Å². The number of carbonyl (C=O) groups excluding carboxylic acids is 1. The number of unbranched alkanes of at least 4 members (excludes halogenated alkanes) is 1. The molecule has 2 aromatic carbocycles. The second-order valence-corrected chi connectivity index (χ2v) is 11.6. The molecule has 1 fully saturated rings. The number of aliphatic imine (C=N–C) groups is 1. The standard InChI is InChI=1S/C29H37N5O6S/c1-20-27(34(36)37)25(26(28(30)31-20)29(35)40-3)21-10-4-7-13-24(21)41(38)19-9-8-14-32-15-17-33(18-16-32)22-11-5-6-12-23(22)39-2/h4-7,10-13,25-26H,8-9,14-19H2,1-3H3,(H2,30,31). The van der Waals surface area contributed by atoms with E-state index in [1.165, 1.54) is 14.0 Å². The monoisotopic (exact) mass is 583 g/mol. The molecular formula is C29H37N5O6S. The second kappa shape index (κ2) is 13.7. The lowest BCUT2D eigenvalue weighted by Crippen LogP contribution is -2.46. The van der Waals surface area contributed by atoms with Crippen LogP contribution in [0.15, 0.2) is 69.8 Å². The van der Waals surface area contributed by atoms with Crippen molar-refractivity contribution in [3.8, 4) is 5.75 Å². The molecule has 1 saturated heterocycles. The second-order valence-electron chi connectivity index (χ2n) is 10.0. The zero-order chi connectivity index (χ0) is 29.5. The Labute approximate surface area is 242 Å². The van der Waals surface area contributed by atoms with Crippen LogP contribution in [0, 0.1) is 16.0 Å². The summed E-state index contributed by atoms with van der Waals surface area (Å²) in [5, 5.41) is 12.1. The Kier molecular flexibility index (Phi) is 10.1. The van der Waals surface area contributed by atoms with E-state index in [4.69, 9.17) is 15.2 Å². The van der Waals surface area contributed by atoms with Gasteiger partial charge in [-0.2, -0.15) is 0 Å². The SMILES string of the molecule is COC(=O)C1C(N)=NC(C)=C([N+](=O)[O-])C1c1ccccc1S(=O)CCCCN1CCN(c2ccccc2OC)CC1. The van der Waals surface area contributed by atoms with E-state index in [-0.39, 0.29) is 17.2 Å². The molecule has 0 spiro atoms. The van der Waals surface area contributed by atoms with Crippen LogP contribution in [-0.4, -0.2) is 78.5 Å². The zero-order valence-electron chi connectivity index (χ0n) is 23.7. The number of nitrogens with two attached hydrogens (primary N) is 1. The summed E-state index contributed by atoms with van der Waals surface area (Å²) >= 11 is 0. The van der Waals surface area contributed by atoms with Gasteiger partial charge in [0.1, 0.15) is 23.2 Å². The van der Waals surface area contributed by atoms with Crippen LogP contribution in [0.2, 0.25) is 0 Å². The molecule has 0 aromatic heterocycles. The van der Waals surface area contributed by atoms with Crippen LogP contribution in [0.3, 0.4) is 0 Å². The molecule has 4 rings (SSSR count). The number of ether oxygens (including phenoxy) is 2. The molecule has 0 aliphatic carbocycles. The summed E-state index contributed by atoms with van der Waals surface area (Å²) in [5.74, 6) is -1.76. The first-order chi connectivity index (χ1) is 19.8. The number of carbonyl (C=O) groups is 1. The molecule has 0 amide bonds. The van der Waals surface area contributed by atoms with E-state index in [0.29, 0.717) is 16.2 Å². The molecule has 2 aromatic rings. The average molecular weight is 584 g/mol. The maximum Gasteiger partial charge on any atom is 0.317 e. The molecule has 3 atom stereocenters. The lowest BCUT2D eigenvalue weighted by Gasteiger charge is -2.36. The molecule has 12 heteroatoms. The lowest BCUT2D eigenvalue weighted by atomic mass is 9.80.